The van der Waals surface area contributed by atoms with Gasteiger partial charge in [-0.25, -0.2) is 4.39 Å². The molecule has 0 atom stereocenters. The molecule has 0 radical (unpaired) electrons. The van der Waals surface area contributed by atoms with E-state index in [1.54, 1.807) is 12.1 Å². The highest BCUT2D eigenvalue weighted by Gasteiger charge is 2.31. The van der Waals surface area contributed by atoms with Gasteiger partial charge in [0.25, 0.3) is 0 Å². The van der Waals surface area contributed by atoms with E-state index in [9.17, 15) is 17.6 Å². The molecule has 0 bridgehead atoms. The maximum atomic E-state index is 13.1. The molecule has 23 heavy (non-hydrogen) atoms. The Morgan fingerprint density at radius 3 is 2.65 bits per heavy atom. The van der Waals surface area contributed by atoms with Crippen molar-refractivity contribution in [2.24, 2.45) is 0 Å². The van der Waals surface area contributed by atoms with E-state index in [0.717, 1.165) is 0 Å². The van der Waals surface area contributed by atoms with Crippen molar-refractivity contribution < 1.29 is 26.7 Å². The van der Waals surface area contributed by atoms with Crippen LogP contribution in [0.3, 0.4) is 0 Å². The fourth-order valence-electron chi connectivity index (χ4n) is 2.15. The lowest BCUT2D eigenvalue weighted by Crippen LogP contribution is -2.17. The average molecular weight is 325 g/mol. The van der Waals surface area contributed by atoms with E-state index in [2.05, 4.69) is 10.1 Å². The largest absolute Gasteiger partial charge is 0.573 e. The van der Waals surface area contributed by atoms with Crippen molar-refractivity contribution in [2.45, 2.75) is 12.9 Å². The smallest absolute Gasteiger partial charge is 0.459 e. The lowest BCUT2D eigenvalue weighted by molar-refractivity contribution is -0.274. The SMILES string of the molecule is Fc1ccc2oc(CNc3cccc(OC(F)(F)F)c3)cc2c1. The summed E-state index contributed by atoms with van der Waals surface area (Å²) in [5.41, 5.74) is 0.982. The molecule has 0 aliphatic rings. The summed E-state index contributed by atoms with van der Waals surface area (Å²) in [6.45, 7) is 0.242. The molecule has 3 nitrogen and oxygen atoms in total. The fourth-order valence-corrected chi connectivity index (χ4v) is 2.15. The van der Waals surface area contributed by atoms with Gasteiger partial charge >= 0.3 is 6.36 Å². The topological polar surface area (TPSA) is 34.4 Å². The van der Waals surface area contributed by atoms with Gasteiger partial charge in [-0.3, -0.25) is 0 Å². The number of benzene rings is 2. The van der Waals surface area contributed by atoms with Gasteiger partial charge in [-0.2, -0.15) is 0 Å². The first-order valence-corrected chi connectivity index (χ1v) is 6.67. The number of halogens is 4. The minimum atomic E-state index is -4.73. The summed E-state index contributed by atoms with van der Waals surface area (Å²) in [7, 11) is 0. The van der Waals surface area contributed by atoms with Gasteiger partial charge < -0.3 is 14.5 Å². The minimum absolute atomic E-state index is 0.242. The number of hydrogen-bond acceptors (Lipinski definition) is 3. The van der Waals surface area contributed by atoms with Crippen LogP contribution in [0.2, 0.25) is 0 Å². The Hall–Kier alpha value is -2.70. The molecule has 7 heteroatoms. The Morgan fingerprint density at radius 1 is 1.04 bits per heavy atom. The summed E-state index contributed by atoms with van der Waals surface area (Å²) in [4.78, 5) is 0. The van der Waals surface area contributed by atoms with Crippen LogP contribution in [-0.4, -0.2) is 6.36 Å². The normalized spacial score (nSPS) is 11.7. The van der Waals surface area contributed by atoms with Gasteiger partial charge in [0.1, 0.15) is 22.9 Å². The number of anilines is 1. The molecule has 1 heterocycles. The first-order chi connectivity index (χ1) is 10.9. The summed E-state index contributed by atoms with van der Waals surface area (Å²) >= 11 is 0. The van der Waals surface area contributed by atoms with Gasteiger partial charge in [-0.1, -0.05) is 6.07 Å². The van der Waals surface area contributed by atoms with Crippen molar-refractivity contribution in [2.75, 3.05) is 5.32 Å². The van der Waals surface area contributed by atoms with Crippen molar-refractivity contribution in [3.63, 3.8) is 0 Å². The Kier molecular flexibility index (Phi) is 3.85. The highest BCUT2D eigenvalue weighted by molar-refractivity contribution is 5.77. The summed E-state index contributed by atoms with van der Waals surface area (Å²) in [6.07, 6.45) is -4.73. The quantitative estimate of drug-likeness (QED) is 0.679. The van der Waals surface area contributed by atoms with Crippen LogP contribution in [0.4, 0.5) is 23.2 Å². The highest BCUT2D eigenvalue weighted by Crippen LogP contribution is 2.26. The van der Waals surface area contributed by atoms with Crippen LogP contribution in [0, 0.1) is 5.82 Å². The Morgan fingerprint density at radius 2 is 1.87 bits per heavy atom. The van der Waals surface area contributed by atoms with E-state index in [4.69, 9.17) is 4.42 Å². The maximum Gasteiger partial charge on any atom is 0.573 e. The number of rotatable bonds is 4. The van der Waals surface area contributed by atoms with Crippen LogP contribution in [0.5, 0.6) is 5.75 Å². The molecular formula is C16H11F4NO2. The van der Waals surface area contributed by atoms with E-state index in [1.807, 2.05) is 0 Å². The van der Waals surface area contributed by atoms with Crippen LogP contribution in [-0.2, 0) is 6.54 Å². The summed E-state index contributed by atoms with van der Waals surface area (Å²) in [5, 5.41) is 3.55. The molecule has 2 aromatic carbocycles. The number of fused-ring (bicyclic) bond motifs is 1. The number of furan rings is 1. The van der Waals surface area contributed by atoms with Crippen molar-refractivity contribution in [3.8, 4) is 5.75 Å². The maximum absolute atomic E-state index is 13.1. The lowest BCUT2D eigenvalue weighted by Gasteiger charge is -2.10. The number of hydrogen-bond donors (Lipinski definition) is 1. The van der Waals surface area contributed by atoms with Gasteiger partial charge in [0.05, 0.1) is 6.54 Å². The molecule has 0 unspecified atom stereocenters. The molecule has 3 rings (SSSR count). The third-order valence-electron chi connectivity index (χ3n) is 3.06. The fraction of sp³-hybridized carbons (Fsp3) is 0.125. The van der Waals surface area contributed by atoms with Gasteiger partial charge in [-0.05, 0) is 36.4 Å². The zero-order chi connectivity index (χ0) is 16.4. The predicted molar refractivity (Wildman–Crippen MR) is 76.6 cm³/mol. The van der Waals surface area contributed by atoms with E-state index in [0.29, 0.717) is 22.4 Å². The highest BCUT2D eigenvalue weighted by atomic mass is 19.4. The Bertz CT molecular complexity index is 826. The van der Waals surface area contributed by atoms with Gasteiger partial charge in [-0.15, -0.1) is 13.2 Å². The number of ether oxygens (including phenoxy) is 1. The average Bonchev–Trinajstić information content (AvgIpc) is 2.85. The number of alkyl halides is 3. The van der Waals surface area contributed by atoms with E-state index >= 15 is 0 Å². The zero-order valence-electron chi connectivity index (χ0n) is 11.7. The van der Waals surface area contributed by atoms with Crippen LogP contribution in [0.1, 0.15) is 5.76 Å². The van der Waals surface area contributed by atoms with Crippen molar-refractivity contribution >= 4 is 16.7 Å². The summed E-state index contributed by atoms with van der Waals surface area (Å²) in [6, 6.07) is 11.3. The monoisotopic (exact) mass is 325 g/mol. The van der Waals surface area contributed by atoms with Crippen LogP contribution in [0.25, 0.3) is 11.0 Å². The molecule has 0 aliphatic heterocycles. The Balaban J connectivity index is 1.70. The Labute approximate surface area is 128 Å². The molecule has 0 fully saturated rings. The molecule has 120 valence electrons. The molecular weight excluding hydrogens is 314 g/mol. The molecule has 0 spiro atoms. The molecule has 0 amide bonds. The van der Waals surface area contributed by atoms with Gasteiger partial charge in [0, 0.05) is 17.1 Å². The minimum Gasteiger partial charge on any atom is -0.459 e. The van der Waals surface area contributed by atoms with E-state index < -0.39 is 6.36 Å². The lowest BCUT2D eigenvalue weighted by atomic mass is 10.2. The van der Waals surface area contributed by atoms with Gasteiger partial charge in [0.2, 0.25) is 0 Å². The molecule has 3 aromatic rings. The van der Waals surface area contributed by atoms with Crippen molar-refractivity contribution in [1.82, 2.24) is 0 Å². The molecule has 0 saturated carbocycles. The molecule has 1 aromatic heterocycles. The molecule has 1 N–H and O–H groups in total. The third kappa shape index (κ3) is 3.94. The zero-order valence-corrected chi connectivity index (χ0v) is 11.7. The van der Waals surface area contributed by atoms with Crippen molar-refractivity contribution in [1.29, 1.82) is 0 Å². The first kappa shape index (κ1) is 15.2. The van der Waals surface area contributed by atoms with Crippen LogP contribution in [0.15, 0.2) is 52.9 Å². The molecule has 0 aliphatic carbocycles. The third-order valence-corrected chi connectivity index (χ3v) is 3.06. The first-order valence-electron chi connectivity index (χ1n) is 6.67. The second kappa shape index (κ2) is 5.83. The van der Waals surface area contributed by atoms with Gasteiger partial charge in [0.15, 0.2) is 0 Å². The second-order valence-electron chi connectivity index (χ2n) is 4.82. The predicted octanol–water partition coefficient (Wildman–Crippen LogP) is 5.08. The van der Waals surface area contributed by atoms with E-state index in [-0.39, 0.29) is 18.1 Å². The molecule has 0 saturated heterocycles. The summed E-state index contributed by atoms with van der Waals surface area (Å²) in [5.74, 6) is -0.142. The second-order valence-corrected chi connectivity index (χ2v) is 4.82. The van der Waals surface area contributed by atoms with Crippen LogP contribution < -0.4 is 10.1 Å². The van der Waals surface area contributed by atoms with Crippen molar-refractivity contribution in [3.05, 3.63) is 60.1 Å². The number of nitrogens with one attached hydrogen (secondary N) is 1. The van der Waals surface area contributed by atoms with E-state index in [1.165, 1.54) is 36.4 Å². The standard InChI is InChI=1S/C16H11F4NO2/c17-11-4-5-15-10(6-11)7-14(22-15)9-21-12-2-1-3-13(8-12)23-16(18,19)20/h1-8,21H,9H2. The summed E-state index contributed by atoms with van der Waals surface area (Å²) < 4.78 is 59.0. The van der Waals surface area contributed by atoms with Crippen LogP contribution >= 0.6 is 0 Å².